The predicted octanol–water partition coefficient (Wildman–Crippen LogP) is 10.8. The molecule has 0 saturated carbocycles. The Morgan fingerprint density at radius 3 is 1.18 bits per heavy atom. The molecule has 0 unspecified atom stereocenters. The minimum atomic E-state index is -1.33. The number of benzene rings is 7. The minimum Gasteiger partial charge on any atom is -0.870 e. The van der Waals surface area contributed by atoms with Crippen LogP contribution in [-0.2, 0) is 87.6 Å². The number of nitrogens with two attached hydrogens (primary N) is 2. The van der Waals surface area contributed by atoms with Gasteiger partial charge in [-0.25, -0.2) is 9.59 Å². The number of aromatic nitrogens is 2. The third kappa shape index (κ3) is 28.9. The monoisotopic (exact) mass is 1920 g/mol. The summed E-state index contributed by atoms with van der Waals surface area (Å²) in [6, 6.07) is 29.4. The van der Waals surface area contributed by atoms with Gasteiger partial charge < -0.3 is 91.7 Å². The molecule has 37 nitrogen and oxygen atoms in total. The zero-order valence-electron chi connectivity index (χ0n) is 83.5. The quantitative estimate of drug-likeness (QED) is 0.0109. The topological polar surface area (TPSA) is 612 Å². The number of nitrogen functional groups attached to an aromatic ring is 1. The summed E-state index contributed by atoms with van der Waals surface area (Å²) in [5, 5.41) is 79.3. The normalized spacial score (nSPS) is 13.7. The number of nitrogens with one attached hydrogen (secondary N) is 3. The number of hydrogen-bond acceptors (Lipinski definition) is 28. The van der Waals surface area contributed by atoms with E-state index in [9.17, 15) is 88.5 Å². The second kappa shape index (κ2) is 47.9. The number of H-pyrrole nitrogens is 2. The third-order valence-electron chi connectivity index (χ3n) is 22.4. The number of nitro benzene ring substituents is 3. The fourth-order valence-corrected chi connectivity index (χ4v) is 14.1. The fraction of sp³-hybridized carbons (Fsp3) is 0.429. The van der Waals surface area contributed by atoms with E-state index >= 15 is 0 Å². The van der Waals surface area contributed by atoms with E-state index in [-0.39, 0.29) is 160 Å². The summed E-state index contributed by atoms with van der Waals surface area (Å²) >= 11 is 0. The second-order valence-corrected chi connectivity index (χ2v) is 39.2. The molecule has 4 aliphatic heterocycles. The number of aliphatic carboxylic acids is 1. The van der Waals surface area contributed by atoms with Crippen molar-refractivity contribution in [2.24, 2.45) is 5.73 Å². The number of esters is 3. The molecule has 0 bridgehead atoms. The molecular formula is C98H126N8Na2O29. The maximum Gasteiger partial charge on any atom is 1.00 e. The van der Waals surface area contributed by atoms with Gasteiger partial charge in [0.15, 0.2) is 0 Å². The number of aromatic hydroxyl groups is 1. The molecule has 2 aromatic heterocycles. The number of aliphatic hydroxyl groups excluding tert-OH is 2. The van der Waals surface area contributed by atoms with Gasteiger partial charge in [-0.2, -0.15) is 0 Å². The fourth-order valence-electron chi connectivity index (χ4n) is 14.1. The first-order valence-corrected chi connectivity index (χ1v) is 42.1. The molecule has 13 rings (SSSR count). The van der Waals surface area contributed by atoms with Crippen molar-refractivity contribution < 1.29 is 177 Å². The SMILES string of the molecule is C1CCOC1.CC(C)(C)c1cc(C(C)(C)C(=O)O)c(O)cc1[N+](=O)[O-].CC(C)(C)c1cc2c(cc1N)OC(=O)C2(C)C.CC(C)(C)c1cc2c(cc1NC(=O)c1c[nH]c3ccccc3c1=O)OC(=O)C2(C)C.CC(C)(C)c1cc2c(cc1[N+](=O)[O-])OC(=O)C2(C)C.CO.CO.COC(=O)Oc1cc([N+](=O)[O-])c(C(C)(C)C)cc1C(C)(C)C(N)=O.O=C(O)c1c[nH]c2ccccc2c1=O.[Na+].[Na+].[OH-].[OH-]. The van der Waals surface area contributed by atoms with Crippen LogP contribution < -0.4 is 106 Å². The number of fused-ring (bicyclic) bond motifs is 5. The van der Waals surface area contributed by atoms with Crippen molar-refractivity contribution in [2.45, 2.75) is 240 Å². The molecule has 2 amide bonds. The number of rotatable bonds is 11. The molecule has 1 saturated heterocycles. The van der Waals surface area contributed by atoms with Crippen molar-refractivity contribution in [3.63, 3.8) is 0 Å². The first kappa shape index (κ1) is 123. The molecule has 0 atom stereocenters. The molecule has 4 aliphatic rings. The van der Waals surface area contributed by atoms with Crippen LogP contribution in [0.4, 0.5) is 33.2 Å². The van der Waals surface area contributed by atoms with Gasteiger partial charge in [0.1, 0.15) is 39.9 Å². The predicted molar refractivity (Wildman–Crippen MR) is 508 cm³/mol. The molecule has 39 heteroatoms. The van der Waals surface area contributed by atoms with E-state index in [1.807, 2.05) is 87.4 Å². The van der Waals surface area contributed by atoms with E-state index < -0.39 is 88.0 Å². The number of nitrogens with zero attached hydrogens (tertiary/aromatic N) is 3. The number of anilines is 2. The van der Waals surface area contributed by atoms with Gasteiger partial charge in [-0.15, -0.1) is 0 Å². The first-order chi connectivity index (χ1) is 61.1. The third-order valence-corrected chi connectivity index (χ3v) is 22.4. The van der Waals surface area contributed by atoms with Crippen LogP contribution in [0.15, 0.2) is 131 Å². The van der Waals surface area contributed by atoms with E-state index in [0.29, 0.717) is 72.7 Å². The molecule has 7 aromatic carbocycles. The van der Waals surface area contributed by atoms with Crippen LogP contribution in [0.2, 0.25) is 0 Å². The van der Waals surface area contributed by atoms with Gasteiger partial charge in [-0.05, 0) is 175 Å². The molecule has 137 heavy (non-hydrogen) atoms. The summed E-state index contributed by atoms with van der Waals surface area (Å²) in [6.45, 7) is 47.8. The summed E-state index contributed by atoms with van der Waals surface area (Å²) in [4.78, 5) is 156. The van der Waals surface area contributed by atoms with Crippen LogP contribution in [-0.4, -0.2) is 144 Å². The molecule has 6 heterocycles. The summed E-state index contributed by atoms with van der Waals surface area (Å²) in [5.41, 5.74) is 12.3. The Balaban J connectivity index is 0.000000812. The largest absolute Gasteiger partial charge is 1.00 e. The van der Waals surface area contributed by atoms with Crippen molar-refractivity contribution in [1.82, 2.24) is 9.97 Å². The number of amides is 2. The number of carboxylic acid groups (broad SMARTS) is 2. The van der Waals surface area contributed by atoms with Crippen LogP contribution in [0.3, 0.4) is 0 Å². The van der Waals surface area contributed by atoms with Crippen LogP contribution >= 0.6 is 0 Å². The van der Waals surface area contributed by atoms with Crippen LogP contribution in [0, 0.1) is 30.3 Å². The number of methoxy groups -OCH3 is 1. The number of carbonyl (C=O) groups excluding carboxylic acids is 6. The number of carboxylic acids is 2. The molecule has 1 fully saturated rings. The van der Waals surface area contributed by atoms with Crippen molar-refractivity contribution in [3.05, 3.63) is 239 Å². The zero-order valence-corrected chi connectivity index (χ0v) is 87.5. The number of phenols is 1. The first-order valence-electron chi connectivity index (χ1n) is 42.1. The molecule has 0 radical (unpaired) electrons. The summed E-state index contributed by atoms with van der Waals surface area (Å²) in [6.07, 6.45) is 4.15. The number of aromatic carboxylic acids is 1. The Kier molecular flexibility index (Phi) is 43.1. The van der Waals surface area contributed by atoms with Gasteiger partial charge in [0.05, 0.1) is 67.2 Å². The number of aromatic amines is 2. The van der Waals surface area contributed by atoms with Gasteiger partial charge in [0.25, 0.3) is 23.0 Å². The van der Waals surface area contributed by atoms with Crippen LogP contribution in [0.5, 0.6) is 28.7 Å². The summed E-state index contributed by atoms with van der Waals surface area (Å²) in [5.74, 6) is -3.59. The number of pyridine rings is 2. The van der Waals surface area contributed by atoms with Crippen molar-refractivity contribution >= 4 is 98.1 Å². The summed E-state index contributed by atoms with van der Waals surface area (Å²) < 4.78 is 30.2. The smallest absolute Gasteiger partial charge is 0.870 e. The van der Waals surface area contributed by atoms with E-state index in [1.165, 1.54) is 57.3 Å². The van der Waals surface area contributed by atoms with E-state index in [0.717, 1.165) is 68.9 Å². The Hall–Kier alpha value is -11.9. The van der Waals surface area contributed by atoms with Gasteiger partial charge >= 0.3 is 95.1 Å². The Labute approximate surface area is 838 Å². The Bertz CT molecular complexity index is 6100. The van der Waals surface area contributed by atoms with Gasteiger partial charge in [-0.3, -0.25) is 68.7 Å². The van der Waals surface area contributed by atoms with Crippen LogP contribution in [0.25, 0.3) is 21.8 Å². The number of nitro groups is 3. The molecule has 0 aliphatic carbocycles. The molecular weight excluding hydrogens is 1800 g/mol. The van der Waals surface area contributed by atoms with Crippen molar-refractivity contribution in [2.75, 3.05) is 45.6 Å². The number of primary amides is 1. The van der Waals surface area contributed by atoms with Gasteiger partial charge in [0.2, 0.25) is 16.8 Å². The summed E-state index contributed by atoms with van der Waals surface area (Å²) in [7, 11) is 3.11. The molecule has 14 N–H and O–H groups in total. The zero-order chi connectivity index (χ0) is 102. The Morgan fingerprint density at radius 2 is 0.810 bits per heavy atom. The maximum absolute atomic E-state index is 13.0. The minimum absolute atomic E-state index is 0. The van der Waals surface area contributed by atoms with E-state index in [1.54, 1.807) is 130 Å². The standard InChI is InChI=1S/C24H24N2O4.C16H22N2O6.C14H19NO5.C14H17NO4.C14H19NO2.C10H7NO3.C4H8O.2CH4O.2Na.2H2O/c1-23(2,3)15-10-16-19(30-22(29)24(16,4)5)11-18(15)26-21(28)14-12-25-17-9-7-6-8-13(17)20(14)27;1-15(2,3)9-7-10(16(4,5)13(17)19)12(24-14(20)23-6)8-11(9)18(21)22;1-13(2,3)8-6-9(14(4,5)12(17)18)11(16)7-10(8)15(19)20;1-13(2,3)8-6-9-11(7-10(8)15(17)18)19-12(16)14(9,4)5;1-13(2,3)8-6-9-11(7-10(8)15)17-12(16)14(9,4)5;12-9-6-3-1-2-4-8(6)11-5-7(9)10(13)14;1-2-4-5-3-1;2*1-2;;;;/h6-12H,1-5H3,(H,25,27)(H,26,28);7-8H,1-6H3,(H2,17,19);6-7,16H,1-5H3,(H,17,18);6-7H,1-5H3;6-7H,15H2,1-5H3;1-5H,(H,11,12)(H,13,14);1-4H2;2*2H,1H3;;;2*1H2/q;;;;;;;;;2*+1;;/p-2. The number of para-hydroxylation sites is 2. The number of ether oxygens (including phenoxy) is 6. The van der Waals surface area contributed by atoms with Crippen molar-refractivity contribution in [1.29, 1.82) is 0 Å². The molecule has 734 valence electrons. The number of aliphatic hydroxyl groups is 2. The van der Waals surface area contributed by atoms with E-state index in [4.69, 9.17) is 50.5 Å². The molecule has 0 spiro atoms. The Morgan fingerprint density at radius 1 is 0.467 bits per heavy atom. The van der Waals surface area contributed by atoms with Gasteiger partial charge in [-0.1, -0.05) is 128 Å². The van der Waals surface area contributed by atoms with E-state index in [2.05, 4.69) is 40.8 Å². The van der Waals surface area contributed by atoms with Crippen LogP contribution in [0.1, 0.15) is 262 Å². The number of carbonyl (C=O) groups is 8. The molecule has 9 aromatic rings. The maximum atomic E-state index is 13.0. The number of hydrogen-bond donors (Lipinski definition) is 10. The second-order valence-electron chi connectivity index (χ2n) is 39.2. The van der Waals surface area contributed by atoms with Crippen molar-refractivity contribution in [3.8, 4) is 28.7 Å². The van der Waals surface area contributed by atoms with Gasteiger partial charge in [0, 0.05) is 130 Å². The number of phenolic OH excluding ortho intramolecular Hbond substituents is 1. The average Bonchev–Trinajstić information content (AvgIpc) is 1.36. The average molecular weight is 1930 g/mol.